The zero-order chi connectivity index (χ0) is 25.9. The van der Waals surface area contributed by atoms with Gasteiger partial charge < -0.3 is 14.0 Å². The Kier molecular flexibility index (Phi) is 8.29. The lowest BCUT2D eigenvalue weighted by Gasteiger charge is -2.29. The Bertz CT molecular complexity index is 1400. The summed E-state index contributed by atoms with van der Waals surface area (Å²) in [6, 6.07) is 10.6. The van der Waals surface area contributed by atoms with Crippen LogP contribution in [0.2, 0.25) is 0 Å². The monoisotopic (exact) mass is 531 g/mol. The number of nitrogens with zero attached hydrogens (tertiary/aromatic N) is 3. The number of aryl methyl sites for hydroxylation is 2. The van der Waals surface area contributed by atoms with Crippen molar-refractivity contribution in [1.82, 2.24) is 8.87 Å². The Morgan fingerprint density at radius 3 is 2.47 bits per heavy atom. The molecule has 0 spiro atoms. The Balaban J connectivity index is 1.53. The van der Waals surface area contributed by atoms with Gasteiger partial charge in [0.15, 0.2) is 4.80 Å². The Hall–Kier alpha value is -2.53. The molecular weight excluding hydrogens is 498 g/mol. The second kappa shape index (κ2) is 11.2. The normalized spacial score (nSPS) is 16.1. The highest BCUT2D eigenvalue weighted by molar-refractivity contribution is 7.89. The maximum Gasteiger partial charge on any atom is 0.251 e. The van der Waals surface area contributed by atoms with Gasteiger partial charge in [-0.3, -0.25) is 4.79 Å². The summed E-state index contributed by atoms with van der Waals surface area (Å²) in [5, 5.41) is 0. The van der Waals surface area contributed by atoms with Gasteiger partial charge in [-0.25, -0.2) is 8.42 Å². The molecule has 8 nitrogen and oxygen atoms in total. The van der Waals surface area contributed by atoms with Crippen LogP contribution in [0.5, 0.6) is 5.75 Å². The molecule has 0 bridgehead atoms. The van der Waals surface area contributed by atoms with E-state index < -0.39 is 10.0 Å². The van der Waals surface area contributed by atoms with Crippen LogP contribution in [0.3, 0.4) is 0 Å². The van der Waals surface area contributed by atoms with Gasteiger partial charge in [-0.2, -0.15) is 9.30 Å². The largest absolute Gasteiger partial charge is 0.497 e. The number of benzene rings is 2. The van der Waals surface area contributed by atoms with Crippen molar-refractivity contribution >= 4 is 37.5 Å². The lowest BCUT2D eigenvalue weighted by Crippen LogP contribution is -2.40. The number of ether oxygens (including phenoxy) is 2. The number of fused-ring (bicyclic) bond motifs is 1. The molecule has 1 aliphatic heterocycles. The number of rotatable bonds is 8. The minimum Gasteiger partial charge on any atom is -0.497 e. The third kappa shape index (κ3) is 5.56. The quantitative estimate of drug-likeness (QED) is 0.412. The number of carbonyl (C=O) groups excluding carboxylic acids is 1. The third-order valence-electron chi connectivity index (χ3n) is 6.48. The Morgan fingerprint density at radius 2 is 1.83 bits per heavy atom. The molecule has 0 atom stereocenters. The molecule has 1 aromatic heterocycles. The van der Waals surface area contributed by atoms with Gasteiger partial charge in [0, 0.05) is 32.2 Å². The van der Waals surface area contributed by atoms with E-state index in [1.807, 2.05) is 6.92 Å². The summed E-state index contributed by atoms with van der Waals surface area (Å²) in [5.74, 6) is 0.105. The summed E-state index contributed by atoms with van der Waals surface area (Å²) in [6.45, 7) is 8.45. The van der Waals surface area contributed by atoms with E-state index in [2.05, 4.69) is 35.5 Å². The molecule has 3 aromatic rings. The first kappa shape index (κ1) is 26.5. The van der Waals surface area contributed by atoms with Gasteiger partial charge in [0.2, 0.25) is 10.0 Å². The van der Waals surface area contributed by atoms with Crippen LogP contribution in [-0.4, -0.2) is 56.6 Å². The van der Waals surface area contributed by atoms with E-state index in [-0.39, 0.29) is 29.8 Å². The first-order valence-corrected chi connectivity index (χ1v) is 14.4. The summed E-state index contributed by atoms with van der Waals surface area (Å²) >= 11 is 1.52. The summed E-state index contributed by atoms with van der Waals surface area (Å²) in [4.78, 5) is 18.6. The SMILES string of the molecule is CCOCCn1c(=NC(=O)C2CCN(S(=O)(=O)c3ccc(OC)cc3)CC2)sc2c(C)cc(C)cc21. The lowest BCUT2D eigenvalue weighted by molar-refractivity contribution is -0.122. The van der Waals surface area contributed by atoms with E-state index in [4.69, 9.17) is 9.47 Å². The van der Waals surface area contributed by atoms with Gasteiger partial charge >= 0.3 is 0 Å². The van der Waals surface area contributed by atoms with Crippen molar-refractivity contribution in [1.29, 1.82) is 0 Å². The van der Waals surface area contributed by atoms with Crippen molar-refractivity contribution in [3.05, 3.63) is 52.3 Å². The predicted molar refractivity (Wildman–Crippen MR) is 141 cm³/mol. The first-order valence-electron chi connectivity index (χ1n) is 12.2. The predicted octanol–water partition coefficient (Wildman–Crippen LogP) is 3.89. The summed E-state index contributed by atoms with van der Waals surface area (Å²) in [6.07, 6.45) is 0.888. The zero-order valence-electron chi connectivity index (χ0n) is 21.2. The number of amides is 1. The van der Waals surface area contributed by atoms with Gasteiger partial charge in [0.1, 0.15) is 5.75 Å². The number of hydrogen-bond acceptors (Lipinski definition) is 6. The number of carbonyl (C=O) groups is 1. The standard InChI is InChI=1S/C26H33N3O5S2/c1-5-34-15-14-29-23-17-18(2)16-19(3)24(23)35-26(29)27-25(30)20-10-12-28(13-11-20)36(31,32)22-8-6-21(33-4)7-9-22/h6-9,16-17,20H,5,10-15H2,1-4H3. The van der Waals surface area contributed by atoms with Crippen molar-refractivity contribution in [2.75, 3.05) is 33.4 Å². The smallest absolute Gasteiger partial charge is 0.251 e. The van der Waals surface area contributed by atoms with Gasteiger partial charge in [-0.1, -0.05) is 17.4 Å². The number of thiazole rings is 1. The van der Waals surface area contributed by atoms with Gasteiger partial charge in [-0.15, -0.1) is 0 Å². The number of hydrogen-bond donors (Lipinski definition) is 0. The molecule has 0 radical (unpaired) electrons. The molecule has 1 amide bonds. The van der Waals surface area contributed by atoms with Gasteiger partial charge in [0.05, 0.1) is 28.8 Å². The van der Waals surface area contributed by atoms with Gasteiger partial charge in [0.25, 0.3) is 5.91 Å². The molecule has 2 aromatic carbocycles. The van der Waals surface area contributed by atoms with E-state index in [9.17, 15) is 13.2 Å². The molecule has 0 unspecified atom stereocenters. The minimum absolute atomic E-state index is 0.192. The molecule has 0 aliphatic carbocycles. The maximum atomic E-state index is 13.2. The molecule has 0 saturated carbocycles. The minimum atomic E-state index is -3.62. The molecule has 2 heterocycles. The van der Waals surface area contributed by atoms with Crippen LogP contribution in [0.4, 0.5) is 0 Å². The zero-order valence-corrected chi connectivity index (χ0v) is 22.8. The maximum absolute atomic E-state index is 13.2. The van der Waals surface area contributed by atoms with E-state index in [1.54, 1.807) is 24.3 Å². The number of aromatic nitrogens is 1. The van der Waals surface area contributed by atoms with Crippen LogP contribution in [0, 0.1) is 19.8 Å². The van der Waals surface area contributed by atoms with E-state index in [0.717, 1.165) is 21.3 Å². The topological polar surface area (TPSA) is 90.2 Å². The van der Waals surface area contributed by atoms with Crippen molar-refractivity contribution in [3.8, 4) is 5.75 Å². The van der Waals surface area contributed by atoms with E-state index in [0.29, 0.717) is 43.2 Å². The third-order valence-corrected chi connectivity index (χ3v) is 9.63. The molecule has 194 valence electrons. The van der Waals surface area contributed by atoms with E-state index in [1.165, 1.54) is 22.8 Å². The van der Waals surface area contributed by atoms with Crippen LogP contribution in [0.1, 0.15) is 30.9 Å². The highest BCUT2D eigenvalue weighted by atomic mass is 32.2. The lowest BCUT2D eigenvalue weighted by atomic mass is 9.98. The molecule has 0 N–H and O–H groups in total. The van der Waals surface area contributed by atoms with Crippen molar-refractivity contribution in [2.45, 2.75) is 45.1 Å². The molecule has 10 heteroatoms. The van der Waals surface area contributed by atoms with Crippen molar-refractivity contribution in [3.63, 3.8) is 0 Å². The Labute approximate surface area is 216 Å². The summed E-state index contributed by atoms with van der Waals surface area (Å²) < 4.78 is 41.4. The summed E-state index contributed by atoms with van der Waals surface area (Å²) in [5.41, 5.74) is 3.38. The average Bonchev–Trinajstić information content (AvgIpc) is 3.21. The highest BCUT2D eigenvalue weighted by Gasteiger charge is 2.32. The second-order valence-electron chi connectivity index (χ2n) is 8.97. The van der Waals surface area contributed by atoms with Crippen LogP contribution >= 0.6 is 11.3 Å². The van der Waals surface area contributed by atoms with Crippen LogP contribution < -0.4 is 9.54 Å². The molecule has 1 fully saturated rings. The molecule has 36 heavy (non-hydrogen) atoms. The van der Waals surface area contributed by atoms with Gasteiger partial charge in [-0.05, 0) is 75.1 Å². The summed E-state index contributed by atoms with van der Waals surface area (Å²) in [7, 11) is -2.08. The molecular formula is C26H33N3O5S2. The van der Waals surface area contributed by atoms with Crippen LogP contribution in [0.15, 0.2) is 46.3 Å². The second-order valence-corrected chi connectivity index (χ2v) is 11.9. The van der Waals surface area contributed by atoms with E-state index >= 15 is 0 Å². The highest BCUT2D eigenvalue weighted by Crippen LogP contribution is 2.27. The molecule has 4 rings (SSSR count). The first-order chi connectivity index (χ1) is 17.2. The fourth-order valence-electron chi connectivity index (χ4n) is 4.54. The Morgan fingerprint density at radius 1 is 1.14 bits per heavy atom. The van der Waals surface area contributed by atoms with Crippen molar-refractivity contribution < 1.29 is 22.7 Å². The number of piperidine rings is 1. The number of methoxy groups -OCH3 is 1. The molecule has 1 aliphatic rings. The number of sulfonamides is 1. The van der Waals surface area contributed by atoms with Crippen molar-refractivity contribution in [2.24, 2.45) is 10.9 Å². The fraction of sp³-hybridized carbons (Fsp3) is 0.462. The molecule has 1 saturated heterocycles. The average molecular weight is 532 g/mol. The van der Waals surface area contributed by atoms with Crippen LogP contribution in [-0.2, 0) is 26.1 Å². The van der Waals surface area contributed by atoms with Crippen LogP contribution in [0.25, 0.3) is 10.2 Å². The fourth-order valence-corrected chi connectivity index (χ4v) is 7.12.